The first-order chi connectivity index (χ1) is 15.8. The Balaban J connectivity index is 1.37. The average molecular weight is 479 g/mol. The first-order valence-corrected chi connectivity index (χ1v) is 13.0. The Hall–Kier alpha value is -2.28. The van der Waals surface area contributed by atoms with Crippen LogP contribution in [0.1, 0.15) is 18.3 Å². The van der Waals surface area contributed by atoms with Gasteiger partial charge in [-0.25, -0.2) is 8.42 Å². The van der Waals surface area contributed by atoms with Crippen LogP contribution >= 0.6 is 0 Å². The maximum absolute atomic E-state index is 13.3. The van der Waals surface area contributed by atoms with Crippen molar-refractivity contribution in [3.05, 3.63) is 23.5 Å². The first kappa shape index (κ1) is 23.9. The fraction of sp³-hybridized carbons (Fsp3) is 0.667. The summed E-state index contributed by atoms with van der Waals surface area (Å²) in [5, 5.41) is 22.3. The van der Waals surface area contributed by atoms with Gasteiger partial charge in [0.25, 0.3) is 0 Å². The van der Waals surface area contributed by atoms with Crippen molar-refractivity contribution in [1.82, 2.24) is 29.2 Å². The number of hydrogen-bond acceptors (Lipinski definition) is 9. The highest BCUT2D eigenvalue weighted by Gasteiger charge is 2.33. The molecule has 182 valence electrons. The largest absolute Gasteiger partial charge is 0.395 e. The molecule has 4 rings (SSSR count). The molecule has 33 heavy (non-hydrogen) atoms. The molecule has 0 spiro atoms. The molecular formula is C21H34N8O3S. The van der Waals surface area contributed by atoms with Crippen LogP contribution < -0.4 is 9.80 Å². The molecule has 12 heteroatoms. The van der Waals surface area contributed by atoms with Gasteiger partial charge in [-0.05, 0) is 32.9 Å². The quantitative estimate of drug-likeness (QED) is 0.585. The van der Waals surface area contributed by atoms with Crippen LogP contribution in [0.5, 0.6) is 0 Å². The molecule has 0 atom stereocenters. The molecule has 0 amide bonds. The van der Waals surface area contributed by atoms with E-state index in [2.05, 4.69) is 30.0 Å². The van der Waals surface area contributed by atoms with Crippen LogP contribution in [-0.2, 0) is 16.6 Å². The summed E-state index contributed by atoms with van der Waals surface area (Å²) < 4.78 is 29.9. The van der Waals surface area contributed by atoms with Crippen molar-refractivity contribution in [2.24, 2.45) is 0 Å². The topological polar surface area (TPSA) is 111 Å². The number of hydrogen-bond donors (Lipinski definition) is 1. The molecule has 2 aliphatic heterocycles. The lowest BCUT2D eigenvalue weighted by Crippen LogP contribution is -2.49. The molecule has 0 unspecified atom stereocenters. The lowest BCUT2D eigenvalue weighted by Gasteiger charge is -2.36. The summed E-state index contributed by atoms with van der Waals surface area (Å²) in [4.78, 5) is 6.86. The fourth-order valence-corrected chi connectivity index (χ4v) is 6.44. The monoisotopic (exact) mass is 478 g/mol. The number of piperazine rings is 2. The van der Waals surface area contributed by atoms with Crippen molar-refractivity contribution in [2.75, 3.05) is 75.3 Å². The second-order valence-electron chi connectivity index (χ2n) is 8.51. The number of aliphatic hydroxyl groups excluding tert-OH is 1. The van der Waals surface area contributed by atoms with Gasteiger partial charge in [0, 0.05) is 65.4 Å². The molecule has 2 aromatic rings. The van der Waals surface area contributed by atoms with Gasteiger partial charge in [0.2, 0.25) is 10.0 Å². The Morgan fingerprint density at radius 2 is 1.45 bits per heavy atom. The van der Waals surface area contributed by atoms with Gasteiger partial charge in [-0.15, -0.1) is 10.2 Å². The smallest absolute Gasteiger partial charge is 0.246 e. The number of sulfonamides is 1. The van der Waals surface area contributed by atoms with E-state index in [1.54, 1.807) is 15.9 Å². The fourth-order valence-electron chi connectivity index (χ4n) is 4.65. The van der Waals surface area contributed by atoms with Crippen LogP contribution in [0.3, 0.4) is 0 Å². The van der Waals surface area contributed by atoms with E-state index >= 15 is 0 Å². The highest BCUT2D eigenvalue weighted by molar-refractivity contribution is 7.89. The first-order valence-electron chi connectivity index (χ1n) is 11.6. The van der Waals surface area contributed by atoms with Gasteiger partial charge < -0.3 is 14.9 Å². The molecule has 4 heterocycles. The molecular weight excluding hydrogens is 444 g/mol. The number of anilines is 2. The zero-order chi connectivity index (χ0) is 23.6. The zero-order valence-corrected chi connectivity index (χ0v) is 20.5. The van der Waals surface area contributed by atoms with Gasteiger partial charge in [0.15, 0.2) is 11.6 Å². The third-order valence-electron chi connectivity index (χ3n) is 6.52. The number of aromatic nitrogens is 4. The predicted octanol–water partition coefficient (Wildman–Crippen LogP) is -0.0650. The standard InChI is InChI=1S/C21H34N8O3S/c1-4-29-18(3)21(17(2)24-29)33(31,32)28-13-11-27(12-14-28)20-6-5-19(22-23-20)26-9-7-25(8-10-26)15-16-30/h5-6,30H,4,7-16H2,1-3H3. The van der Waals surface area contributed by atoms with Crippen LogP contribution in [0.2, 0.25) is 0 Å². The molecule has 11 nitrogen and oxygen atoms in total. The second kappa shape index (κ2) is 9.92. The van der Waals surface area contributed by atoms with E-state index in [4.69, 9.17) is 5.11 Å². The molecule has 0 bridgehead atoms. The van der Waals surface area contributed by atoms with E-state index in [1.165, 1.54) is 0 Å². The Labute approximate surface area is 195 Å². The molecule has 2 saturated heterocycles. The Kier molecular flexibility index (Phi) is 7.17. The maximum atomic E-state index is 13.3. The Morgan fingerprint density at radius 1 is 0.909 bits per heavy atom. The lowest BCUT2D eigenvalue weighted by molar-refractivity contribution is 0.188. The lowest BCUT2D eigenvalue weighted by atomic mass is 10.3. The summed E-state index contributed by atoms with van der Waals surface area (Å²) in [6.45, 7) is 12.5. The summed E-state index contributed by atoms with van der Waals surface area (Å²) in [6, 6.07) is 3.95. The van der Waals surface area contributed by atoms with Gasteiger partial charge in [-0.3, -0.25) is 9.58 Å². The van der Waals surface area contributed by atoms with E-state index in [0.717, 1.165) is 37.8 Å². The Bertz CT molecular complexity index is 1040. The molecule has 2 fully saturated rings. The van der Waals surface area contributed by atoms with Crippen LogP contribution in [0, 0.1) is 13.8 Å². The van der Waals surface area contributed by atoms with Crippen molar-refractivity contribution >= 4 is 21.7 Å². The van der Waals surface area contributed by atoms with Crippen LogP contribution in [0.4, 0.5) is 11.6 Å². The number of β-amino-alcohol motifs (C(OH)–C–C–N with tert-alkyl or cyclic N) is 1. The molecule has 2 aliphatic rings. The number of rotatable bonds is 7. The summed E-state index contributed by atoms with van der Waals surface area (Å²) in [6.07, 6.45) is 0. The van der Waals surface area contributed by atoms with Gasteiger partial charge in [-0.2, -0.15) is 9.40 Å². The summed E-state index contributed by atoms with van der Waals surface area (Å²) in [7, 11) is -3.59. The molecule has 2 aromatic heterocycles. The van der Waals surface area contributed by atoms with Crippen molar-refractivity contribution < 1.29 is 13.5 Å². The molecule has 0 radical (unpaired) electrons. The van der Waals surface area contributed by atoms with E-state index in [-0.39, 0.29) is 6.61 Å². The SMILES string of the molecule is CCn1nc(C)c(S(=O)(=O)N2CCN(c3ccc(N4CCN(CCO)CC4)nn3)CC2)c1C. The van der Waals surface area contributed by atoms with E-state index in [1.807, 2.05) is 26.0 Å². The van der Waals surface area contributed by atoms with E-state index in [9.17, 15) is 8.42 Å². The molecule has 0 saturated carbocycles. The minimum Gasteiger partial charge on any atom is -0.395 e. The van der Waals surface area contributed by atoms with E-state index in [0.29, 0.717) is 55.6 Å². The third kappa shape index (κ3) is 4.84. The van der Waals surface area contributed by atoms with Gasteiger partial charge in [0.05, 0.1) is 18.0 Å². The number of aryl methyl sites for hydroxylation is 2. The minimum absolute atomic E-state index is 0.185. The van der Waals surface area contributed by atoms with Crippen molar-refractivity contribution in [3.8, 4) is 0 Å². The third-order valence-corrected chi connectivity index (χ3v) is 8.68. The van der Waals surface area contributed by atoms with Crippen LogP contribution in [-0.4, -0.2) is 108 Å². The number of nitrogens with zero attached hydrogens (tertiary/aromatic N) is 8. The summed E-state index contributed by atoms with van der Waals surface area (Å²) >= 11 is 0. The number of aliphatic hydroxyl groups is 1. The molecule has 1 N–H and O–H groups in total. The summed E-state index contributed by atoms with van der Waals surface area (Å²) in [5.41, 5.74) is 1.24. The van der Waals surface area contributed by atoms with Crippen LogP contribution in [0.15, 0.2) is 17.0 Å². The highest BCUT2D eigenvalue weighted by Crippen LogP contribution is 2.25. The van der Waals surface area contributed by atoms with Gasteiger partial charge in [-0.1, -0.05) is 0 Å². The van der Waals surface area contributed by atoms with E-state index < -0.39 is 10.0 Å². The average Bonchev–Trinajstić information content (AvgIpc) is 3.13. The van der Waals surface area contributed by atoms with Crippen molar-refractivity contribution in [1.29, 1.82) is 0 Å². The minimum atomic E-state index is -3.59. The van der Waals surface area contributed by atoms with Gasteiger partial charge >= 0.3 is 0 Å². The second-order valence-corrected chi connectivity index (χ2v) is 10.4. The molecule has 0 aliphatic carbocycles. The zero-order valence-electron chi connectivity index (χ0n) is 19.7. The highest BCUT2D eigenvalue weighted by atomic mass is 32.2. The maximum Gasteiger partial charge on any atom is 0.246 e. The van der Waals surface area contributed by atoms with Gasteiger partial charge in [0.1, 0.15) is 4.90 Å². The summed E-state index contributed by atoms with van der Waals surface area (Å²) in [5.74, 6) is 1.61. The Morgan fingerprint density at radius 3 is 1.91 bits per heavy atom. The molecule has 0 aromatic carbocycles. The predicted molar refractivity (Wildman–Crippen MR) is 126 cm³/mol. The van der Waals surface area contributed by atoms with Crippen molar-refractivity contribution in [3.63, 3.8) is 0 Å². The van der Waals surface area contributed by atoms with Crippen LogP contribution in [0.25, 0.3) is 0 Å². The normalized spacial score (nSPS) is 18.8. The van der Waals surface area contributed by atoms with Crippen molar-refractivity contribution in [2.45, 2.75) is 32.2 Å².